The first-order valence-corrected chi connectivity index (χ1v) is 5.22. The lowest BCUT2D eigenvalue weighted by Gasteiger charge is -2.13. The Morgan fingerprint density at radius 2 is 2.12 bits per heavy atom. The van der Waals surface area contributed by atoms with Gasteiger partial charge in [-0.25, -0.2) is 4.79 Å². The zero-order valence-corrected chi connectivity index (χ0v) is 10.2. The molecule has 1 aromatic rings. The fourth-order valence-corrected chi connectivity index (χ4v) is 1.35. The lowest BCUT2D eigenvalue weighted by molar-refractivity contribution is 0.0121. The summed E-state index contributed by atoms with van der Waals surface area (Å²) >= 11 is 0. The predicted octanol–water partition coefficient (Wildman–Crippen LogP) is 1.47. The molecule has 94 valence electrons. The Hall–Kier alpha value is -1.75. The van der Waals surface area contributed by atoms with Gasteiger partial charge in [0, 0.05) is 12.8 Å². The average Bonchev–Trinajstić information content (AvgIpc) is 2.29. The first-order valence-electron chi connectivity index (χ1n) is 5.22. The minimum Gasteiger partial charge on any atom is -0.497 e. The van der Waals surface area contributed by atoms with E-state index < -0.39 is 5.97 Å². The molecule has 1 aromatic carbocycles. The van der Waals surface area contributed by atoms with Crippen molar-refractivity contribution in [3.8, 4) is 5.75 Å². The van der Waals surface area contributed by atoms with Gasteiger partial charge in [0.1, 0.15) is 11.9 Å². The van der Waals surface area contributed by atoms with Gasteiger partial charge in [0.25, 0.3) is 0 Å². The molecule has 0 aromatic heterocycles. The Morgan fingerprint density at radius 3 is 2.71 bits per heavy atom. The molecule has 0 fully saturated rings. The second-order valence-electron chi connectivity index (χ2n) is 3.62. The molecular formula is C12H17NO4. The summed E-state index contributed by atoms with van der Waals surface area (Å²) in [5.74, 6) is 0.0801. The number of ether oxygens (including phenoxy) is 3. The SMILES string of the molecule is COCC(C)OC(=O)c1cc(OC)ccc1N. The first-order chi connectivity index (χ1) is 8.08. The van der Waals surface area contributed by atoms with Crippen LogP contribution in [0.1, 0.15) is 17.3 Å². The third kappa shape index (κ3) is 3.64. The van der Waals surface area contributed by atoms with E-state index in [-0.39, 0.29) is 6.10 Å². The van der Waals surface area contributed by atoms with Crippen molar-refractivity contribution in [1.29, 1.82) is 0 Å². The monoisotopic (exact) mass is 239 g/mol. The highest BCUT2D eigenvalue weighted by Crippen LogP contribution is 2.20. The van der Waals surface area contributed by atoms with Crippen molar-refractivity contribution in [1.82, 2.24) is 0 Å². The molecule has 0 saturated heterocycles. The van der Waals surface area contributed by atoms with Crippen LogP contribution in [0, 0.1) is 0 Å². The molecular weight excluding hydrogens is 222 g/mol. The van der Waals surface area contributed by atoms with Crippen molar-refractivity contribution in [3.05, 3.63) is 23.8 Å². The van der Waals surface area contributed by atoms with Gasteiger partial charge in [0.15, 0.2) is 0 Å². The fourth-order valence-electron chi connectivity index (χ4n) is 1.35. The van der Waals surface area contributed by atoms with Gasteiger partial charge >= 0.3 is 5.97 Å². The Balaban J connectivity index is 2.80. The number of hydrogen-bond acceptors (Lipinski definition) is 5. The Labute approximate surface area is 100 Å². The topological polar surface area (TPSA) is 70.8 Å². The lowest BCUT2D eigenvalue weighted by atomic mass is 10.1. The van der Waals surface area contributed by atoms with Gasteiger partial charge in [-0.3, -0.25) is 0 Å². The molecule has 0 aliphatic rings. The van der Waals surface area contributed by atoms with Crippen LogP contribution in [0.2, 0.25) is 0 Å². The maximum Gasteiger partial charge on any atom is 0.340 e. The number of benzene rings is 1. The first kappa shape index (κ1) is 13.3. The van der Waals surface area contributed by atoms with E-state index in [1.54, 1.807) is 32.2 Å². The van der Waals surface area contributed by atoms with Crippen LogP contribution >= 0.6 is 0 Å². The van der Waals surface area contributed by atoms with E-state index in [2.05, 4.69) is 0 Å². The quantitative estimate of drug-likeness (QED) is 0.622. The van der Waals surface area contributed by atoms with Crippen LogP contribution in [-0.2, 0) is 9.47 Å². The molecule has 0 radical (unpaired) electrons. The van der Waals surface area contributed by atoms with Gasteiger partial charge in [-0.1, -0.05) is 0 Å². The molecule has 0 amide bonds. The molecule has 2 N–H and O–H groups in total. The van der Waals surface area contributed by atoms with Crippen molar-refractivity contribution < 1.29 is 19.0 Å². The standard InChI is InChI=1S/C12H17NO4/c1-8(7-15-2)17-12(14)10-6-9(16-3)4-5-11(10)13/h4-6,8H,7,13H2,1-3H3. The molecule has 1 unspecified atom stereocenters. The zero-order valence-electron chi connectivity index (χ0n) is 10.2. The van der Waals surface area contributed by atoms with Crippen LogP contribution in [0.4, 0.5) is 5.69 Å². The van der Waals surface area contributed by atoms with Crippen LogP contribution in [-0.4, -0.2) is 32.9 Å². The summed E-state index contributed by atoms with van der Waals surface area (Å²) in [6.45, 7) is 2.09. The zero-order chi connectivity index (χ0) is 12.8. The molecule has 0 saturated carbocycles. The second kappa shape index (κ2) is 6.10. The summed E-state index contributed by atoms with van der Waals surface area (Å²) in [6, 6.07) is 4.85. The van der Waals surface area contributed by atoms with E-state index in [0.717, 1.165) is 0 Å². The van der Waals surface area contributed by atoms with Crippen molar-refractivity contribution >= 4 is 11.7 Å². The van der Waals surface area contributed by atoms with Crippen molar-refractivity contribution in [2.45, 2.75) is 13.0 Å². The Kier molecular flexibility index (Phi) is 4.78. The highest BCUT2D eigenvalue weighted by Gasteiger charge is 2.15. The minimum absolute atomic E-state index is 0.298. The van der Waals surface area contributed by atoms with E-state index >= 15 is 0 Å². The van der Waals surface area contributed by atoms with E-state index in [1.807, 2.05) is 0 Å². The normalized spacial score (nSPS) is 11.9. The van der Waals surface area contributed by atoms with E-state index in [1.165, 1.54) is 7.11 Å². The number of carbonyl (C=O) groups excluding carboxylic acids is 1. The minimum atomic E-state index is -0.481. The molecule has 0 aliphatic heterocycles. The number of hydrogen-bond donors (Lipinski definition) is 1. The number of nitrogen functional groups attached to an aromatic ring is 1. The largest absolute Gasteiger partial charge is 0.497 e. The molecule has 1 atom stereocenters. The highest BCUT2D eigenvalue weighted by molar-refractivity contribution is 5.95. The number of methoxy groups -OCH3 is 2. The van der Waals surface area contributed by atoms with Crippen LogP contribution < -0.4 is 10.5 Å². The van der Waals surface area contributed by atoms with Crippen molar-refractivity contribution in [2.24, 2.45) is 0 Å². The number of rotatable bonds is 5. The van der Waals surface area contributed by atoms with Crippen LogP contribution in [0.5, 0.6) is 5.75 Å². The Morgan fingerprint density at radius 1 is 1.41 bits per heavy atom. The number of esters is 1. The van der Waals surface area contributed by atoms with E-state index in [9.17, 15) is 4.79 Å². The molecule has 0 heterocycles. The summed E-state index contributed by atoms with van der Waals surface area (Å²) in [5, 5.41) is 0. The lowest BCUT2D eigenvalue weighted by Crippen LogP contribution is -2.20. The van der Waals surface area contributed by atoms with Crippen LogP contribution in [0.3, 0.4) is 0 Å². The van der Waals surface area contributed by atoms with E-state index in [4.69, 9.17) is 19.9 Å². The van der Waals surface area contributed by atoms with Gasteiger partial charge in [-0.15, -0.1) is 0 Å². The molecule has 0 spiro atoms. The number of carbonyl (C=O) groups is 1. The molecule has 5 heteroatoms. The molecule has 1 rings (SSSR count). The summed E-state index contributed by atoms with van der Waals surface area (Å²) in [7, 11) is 3.07. The Bertz CT molecular complexity index is 392. The smallest absolute Gasteiger partial charge is 0.340 e. The maximum atomic E-state index is 11.8. The third-order valence-electron chi connectivity index (χ3n) is 2.19. The third-order valence-corrected chi connectivity index (χ3v) is 2.19. The van der Waals surface area contributed by atoms with E-state index in [0.29, 0.717) is 23.6 Å². The number of nitrogens with two attached hydrogens (primary N) is 1. The summed E-state index contributed by atoms with van der Waals surface area (Å²) < 4.78 is 15.1. The highest BCUT2D eigenvalue weighted by atomic mass is 16.6. The maximum absolute atomic E-state index is 11.8. The fraction of sp³-hybridized carbons (Fsp3) is 0.417. The molecule has 0 bridgehead atoms. The van der Waals surface area contributed by atoms with Gasteiger partial charge in [-0.05, 0) is 25.1 Å². The van der Waals surface area contributed by atoms with Gasteiger partial charge in [0.2, 0.25) is 0 Å². The van der Waals surface area contributed by atoms with Crippen LogP contribution in [0.15, 0.2) is 18.2 Å². The van der Waals surface area contributed by atoms with Crippen molar-refractivity contribution in [2.75, 3.05) is 26.6 Å². The van der Waals surface area contributed by atoms with Gasteiger partial charge in [-0.2, -0.15) is 0 Å². The number of anilines is 1. The summed E-state index contributed by atoms with van der Waals surface area (Å²) in [6.07, 6.45) is -0.321. The van der Waals surface area contributed by atoms with Gasteiger partial charge in [0.05, 0.1) is 19.3 Å². The molecule has 5 nitrogen and oxygen atoms in total. The molecule has 0 aliphatic carbocycles. The average molecular weight is 239 g/mol. The molecule has 17 heavy (non-hydrogen) atoms. The van der Waals surface area contributed by atoms with Crippen LogP contribution in [0.25, 0.3) is 0 Å². The predicted molar refractivity (Wildman–Crippen MR) is 64.2 cm³/mol. The second-order valence-corrected chi connectivity index (χ2v) is 3.62. The van der Waals surface area contributed by atoms with Crippen molar-refractivity contribution in [3.63, 3.8) is 0 Å². The summed E-state index contributed by atoms with van der Waals surface area (Å²) in [5.41, 5.74) is 6.37. The van der Waals surface area contributed by atoms with Gasteiger partial charge < -0.3 is 19.9 Å². The summed E-state index contributed by atoms with van der Waals surface area (Å²) in [4.78, 5) is 11.8.